The number of allylic oxidation sites excluding steroid dienone is 1. The van der Waals surface area contributed by atoms with E-state index in [1.54, 1.807) is 0 Å². The molecule has 6 nitrogen and oxygen atoms in total. The highest BCUT2D eigenvalue weighted by Crippen LogP contribution is 2.60. The summed E-state index contributed by atoms with van der Waals surface area (Å²) >= 11 is 0. The molecule has 3 atom stereocenters. The zero-order valence-electron chi connectivity index (χ0n) is 17.1. The number of ether oxygens (including phenoxy) is 3. The molecule has 0 aromatic heterocycles. The summed E-state index contributed by atoms with van der Waals surface area (Å²) < 4.78 is 16.5. The molecule has 28 heavy (non-hydrogen) atoms. The molecule has 0 spiro atoms. The van der Waals surface area contributed by atoms with Gasteiger partial charge in [-0.05, 0) is 49.2 Å². The van der Waals surface area contributed by atoms with Gasteiger partial charge in [-0.3, -0.25) is 9.59 Å². The smallest absolute Gasteiger partial charge is 0.316 e. The molecular formula is C22H31NO5. The Kier molecular flexibility index (Phi) is 5.01. The predicted octanol–water partition coefficient (Wildman–Crippen LogP) is 2.66. The van der Waals surface area contributed by atoms with Gasteiger partial charge in [0.1, 0.15) is 5.78 Å². The molecule has 1 saturated heterocycles. The molecule has 0 amide bonds. The van der Waals surface area contributed by atoms with E-state index in [4.69, 9.17) is 19.9 Å². The van der Waals surface area contributed by atoms with E-state index in [0.717, 1.165) is 24.0 Å². The summed E-state index contributed by atoms with van der Waals surface area (Å²) in [5.41, 5.74) is 8.65. The fraction of sp³-hybridized carbons (Fsp3) is 0.727. The highest BCUT2D eigenvalue weighted by molar-refractivity contribution is 5.89. The van der Waals surface area contributed by atoms with Gasteiger partial charge in [-0.2, -0.15) is 0 Å². The Labute approximate surface area is 166 Å². The summed E-state index contributed by atoms with van der Waals surface area (Å²) in [6.45, 7) is 5.37. The minimum absolute atomic E-state index is 0.131. The first kappa shape index (κ1) is 19.8. The van der Waals surface area contributed by atoms with Gasteiger partial charge >= 0.3 is 5.97 Å². The lowest BCUT2D eigenvalue weighted by Gasteiger charge is -2.49. The molecular weight excluding hydrogens is 358 g/mol. The van der Waals surface area contributed by atoms with Crippen molar-refractivity contribution in [2.45, 2.75) is 64.2 Å². The van der Waals surface area contributed by atoms with E-state index in [9.17, 15) is 9.59 Å². The topological polar surface area (TPSA) is 87.8 Å². The van der Waals surface area contributed by atoms with Crippen LogP contribution in [-0.4, -0.2) is 43.9 Å². The highest BCUT2D eigenvalue weighted by Gasteiger charge is 2.61. The number of hydrogen-bond acceptors (Lipinski definition) is 6. The van der Waals surface area contributed by atoms with Gasteiger partial charge in [-0.1, -0.05) is 25.5 Å². The minimum atomic E-state index is -0.847. The molecule has 0 bridgehead atoms. The lowest BCUT2D eigenvalue weighted by atomic mass is 9.56. The first-order chi connectivity index (χ1) is 13.3. The van der Waals surface area contributed by atoms with Crippen LogP contribution in [0.25, 0.3) is 0 Å². The number of nitrogens with two attached hydrogens (primary N) is 1. The third-order valence-corrected chi connectivity index (χ3v) is 7.23. The number of fused-ring (bicyclic) bond motifs is 3. The molecule has 1 saturated carbocycles. The molecule has 2 fully saturated rings. The van der Waals surface area contributed by atoms with Crippen LogP contribution < -0.4 is 5.73 Å². The molecule has 6 heteroatoms. The Morgan fingerprint density at radius 2 is 2.00 bits per heavy atom. The second kappa shape index (κ2) is 7.08. The first-order valence-electron chi connectivity index (χ1n) is 10.4. The van der Waals surface area contributed by atoms with Crippen LogP contribution in [0.5, 0.6) is 0 Å². The second-order valence-corrected chi connectivity index (χ2v) is 8.96. The predicted molar refractivity (Wildman–Crippen MR) is 103 cm³/mol. The molecule has 2 N–H and O–H groups in total. The van der Waals surface area contributed by atoms with E-state index in [0.29, 0.717) is 38.9 Å². The Morgan fingerprint density at radius 1 is 1.29 bits per heavy atom. The van der Waals surface area contributed by atoms with E-state index >= 15 is 0 Å². The van der Waals surface area contributed by atoms with E-state index < -0.39 is 17.2 Å². The normalized spacial score (nSPS) is 36.2. The van der Waals surface area contributed by atoms with Crippen LogP contribution in [0.4, 0.5) is 0 Å². The molecule has 1 aliphatic heterocycles. The van der Waals surface area contributed by atoms with E-state index in [1.807, 2.05) is 6.08 Å². The van der Waals surface area contributed by atoms with Crippen molar-refractivity contribution in [1.29, 1.82) is 0 Å². The zero-order chi connectivity index (χ0) is 20.1. The summed E-state index contributed by atoms with van der Waals surface area (Å²) in [7, 11) is 1.45. The number of carbonyl (C=O) groups is 2. The largest absolute Gasteiger partial charge is 0.468 e. The average Bonchev–Trinajstić information content (AvgIpc) is 3.31. The van der Waals surface area contributed by atoms with Crippen molar-refractivity contribution >= 4 is 11.8 Å². The Hall–Kier alpha value is -1.50. The van der Waals surface area contributed by atoms with Crippen LogP contribution in [0.2, 0.25) is 0 Å². The number of esters is 1. The molecule has 3 unspecified atom stereocenters. The van der Waals surface area contributed by atoms with Crippen molar-refractivity contribution in [2.24, 2.45) is 23.0 Å². The molecule has 4 rings (SSSR count). The van der Waals surface area contributed by atoms with Crippen LogP contribution in [-0.2, 0) is 23.8 Å². The number of carbonyl (C=O) groups excluding carboxylic acids is 2. The first-order valence-corrected chi connectivity index (χ1v) is 10.4. The van der Waals surface area contributed by atoms with Gasteiger partial charge in [0.05, 0.1) is 31.3 Å². The lowest BCUT2D eigenvalue weighted by Crippen LogP contribution is -2.59. The zero-order valence-corrected chi connectivity index (χ0v) is 17.1. The fourth-order valence-electron chi connectivity index (χ4n) is 5.94. The fourth-order valence-corrected chi connectivity index (χ4v) is 5.94. The van der Waals surface area contributed by atoms with Gasteiger partial charge in [-0.15, -0.1) is 0 Å². The van der Waals surface area contributed by atoms with Crippen molar-refractivity contribution < 1.29 is 23.8 Å². The average molecular weight is 389 g/mol. The van der Waals surface area contributed by atoms with Gasteiger partial charge in [0.2, 0.25) is 0 Å². The summed E-state index contributed by atoms with van der Waals surface area (Å²) in [6.07, 6.45) is 5.24. The van der Waals surface area contributed by atoms with Gasteiger partial charge in [-0.25, -0.2) is 0 Å². The maximum Gasteiger partial charge on any atom is 0.316 e. The summed E-state index contributed by atoms with van der Waals surface area (Å²) in [4.78, 5) is 26.2. The SMILES string of the molecule is COC(=O)C12CCC(C(C)C)=C1C1(N)CC=C(C3OCCO3)CC(=O)C1CC2. The standard InChI is InChI=1S/C22H31NO5/c1-13(2)15-5-7-21(20(25)26-3)8-6-16-17(24)12-14(19-27-10-11-28-19)4-9-22(16,23)18(15)21/h4,13,16,19H,5-12,23H2,1-3H3. The molecule has 154 valence electrons. The Morgan fingerprint density at radius 3 is 2.64 bits per heavy atom. The van der Waals surface area contributed by atoms with E-state index in [2.05, 4.69) is 13.8 Å². The van der Waals surface area contributed by atoms with Crippen molar-refractivity contribution in [3.63, 3.8) is 0 Å². The number of Topliss-reactive ketones (excluding diaryl/α,β-unsaturated/α-hetero) is 1. The van der Waals surface area contributed by atoms with E-state index in [-0.39, 0.29) is 23.6 Å². The van der Waals surface area contributed by atoms with E-state index in [1.165, 1.54) is 12.7 Å². The Balaban J connectivity index is 1.81. The molecule has 0 radical (unpaired) electrons. The number of hydrogen-bond donors (Lipinski definition) is 1. The highest BCUT2D eigenvalue weighted by atomic mass is 16.7. The maximum atomic E-state index is 13.3. The minimum Gasteiger partial charge on any atom is -0.468 e. The summed E-state index contributed by atoms with van der Waals surface area (Å²) in [5.74, 6) is -0.0811. The van der Waals surface area contributed by atoms with Crippen molar-refractivity contribution in [1.82, 2.24) is 0 Å². The van der Waals surface area contributed by atoms with Gasteiger partial charge in [0.15, 0.2) is 6.29 Å². The quantitative estimate of drug-likeness (QED) is 0.590. The molecule has 4 aliphatic rings. The Bertz CT molecular complexity index is 748. The third kappa shape index (κ3) is 2.80. The van der Waals surface area contributed by atoms with Crippen LogP contribution in [0.15, 0.2) is 22.8 Å². The third-order valence-electron chi connectivity index (χ3n) is 7.23. The van der Waals surface area contributed by atoms with Crippen LogP contribution >= 0.6 is 0 Å². The van der Waals surface area contributed by atoms with Crippen LogP contribution in [0.3, 0.4) is 0 Å². The molecule has 0 aromatic rings. The molecule has 0 aromatic carbocycles. The van der Waals surface area contributed by atoms with Crippen LogP contribution in [0, 0.1) is 17.3 Å². The van der Waals surface area contributed by atoms with Gasteiger partial charge in [0.25, 0.3) is 0 Å². The lowest BCUT2D eigenvalue weighted by molar-refractivity contribution is -0.153. The van der Waals surface area contributed by atoms with Gasteiger partial charge in [0, 0.05) is 12.3 Å². The van der Waals surface area contributed by atoms with Crippen LogP contribution in [0.1, 0.15) is 52.4 Å². The maximum absolute atomic E-state index is 13.3. The van der Waals surface area contributed by atoms with Crippen molar-refractivity contribution in [3.05, 3.63) is 22.8 Å². The summed E-state index contributed by atoms with van der Waals surface area (Å²) in [5, 5.41) is 0. The number of rotatable bonds is 3. The molecule has 3 aliphatic carbocycles. The molecule has 1 heterocycles. The number of methoxy groups -OCH3 is 1. The monoisotopic (exact) mass is 389 g/mol. The van der Waals surface area contributed by atoms with Crippen molar-refractivity contribution in [3.8, 4) is 0 Å². The second-order valence-electron chi connectivity index (χ2n) is 8.96. The van der Waals surface area contributed by atoms with Gasteiger partial charge < -0.3 is 19.9 Å². The van der Waals surface area contributed by atoms with Crippen molar-refractivity contribution in [2.75, 3.05) is 20.3 Å². The number of ketones is 1. The summed E-state index contributed by atoms with van der Waals surface area (Å²) in [6, 6.07) is 0.